The molecule has 1 aromatic carbocycles. The van der Waals surface area contributed by atoms with Gasteiger partial charge in [-0.05, 0) is 31.2 Å². The number of rotatable bonds is 4. The van der Waals surface area contributed by atoms with Gasteiger partial charge in [-0.15, -0.1) is 0 Å². The lowest BCUT2D eigenvalue weighted by atomic mass is 10.2. The molecule has 0 bridgehead atoms. The number of alkyl halides is 3. The summed E-state index contributed by atoms with van der Waals surface area (Å²) in [5, 5.41) is 7.80. The summed E-state index contributed by atoms with van der Waals surface area (Å²) in [5.41, 5.74) is -0.311. The van der Waals surface area contributed by atoms with Crippen molar-refractivity contribution in [3.05, 3.63) is 47.5 Å². The van der Waals surface area contributed by atoms with Gasteiger partial charge in [0, 0.05) is 18.9 Å². The number of benzene rings is 1. The monoisotopic (exact) mass is 426 g/mol. The maximum atomic E-state index is 13.6. The first-order valence-electron chi connectivity index (χ1n) is 8.10. The number of nitrogens with zero attached hydrogens (tertiary/aromatic N) is 3. The third-order valence-corrected chi connectivity index (χ3v) is 4.76. The van der Waals surface area contributed by atoms with Gasteiger partial charge in [-0.25, -0.2) is 24.1 Å². The second-order valence-electron chi connectivity index (χ2n) is 5.72. The fourth-order valence-electron chi connectivity index (χ4n) is 2.38. The lowest BCUT2D eigenvalue weighted by Crippen LogP contribution is -2.19. The minimum Gasteiger partial charge on any atom is -0.357 e. The van der Waals surface area contributed by atoms with E-state index < -0.39 is 23.6 Å². The SMILES string of the molecule is CNc1nccc(-c2sc(NC(=O)Nc3ccc(C(F)(F)F)c(F)c3)nc2C)n1. The first-order chi connectivity index (χ1) is 13.7. The van der Waals surface area contributed by atoms with Crippen LogP contribution < -0.4 is 16.0 Å². The Labute approximate surface area is 166 Å². The molecule has 2 heterocycles. The zero-order valence-corrected chi connectivity index (χ0v) is 15.9. The zero-order valence-electron chi connectivity index (χ0n) is 15.1. The highest BCUT2D eigenvalue weighted by molar-refractivity contribution is 7.19. The second-order valence-corrected chi connectivity index (χ2v) is 6.72. The van der Waals surface area contributed by atoms with Gasteiger partial charge in [0.1, 0.15) is 5.82 Å². The van der Waals surface area contributed by atoms with Crippen LogP contribution in [0, 0.1) is 12.7 Å². The lowest BCUT2D eigenvalue weighted by Gasteiger charge is -2.10. The van der Waals surface area contributed by atoms with Crippen LogP contribution in [0.4, 0.5) is 39.1 Å². The van der Waals surface area contributed by atoms with Crippen molar-refractivity contribution in [3.8, 4) is 10.6 Å². The maximum Gasteiger partial charge on any atom is 0.419 e. The average Bonchev–Trinajstić information content (AvgIpc) is 3.00. The van der Waals surface area contributed by atoms with Crippen molar-refractivity contribution in [3.63, 3.8) is 0 Å². The van der Waals surface area contributed by atoms with Gasteiger partial charge >= 0.3 is 12.2 Å². The largest absolute Gasteiger partial charge is 0.419 e. The maximum absolute atomic E-state index is 13.6. The molecule has 3 rings (SSSR count). The highest BCUT2D eigenvalue weighted by Gasteiger charge is 2.34. The molecule has 2 amide bonds. The first-order valence-corrected chi connectivity index (χ1v) is 8.92. The van der Waals surface area contributed by atoms with Crippen LogP contribution in [0.5, 0.6) is 0 Å². The van der Waals surface area contributed by atoms with Crippen molar-refractivity contribution in [1.82, 2.24) is 15.0 Å². The molecule has 3 aromatic rings. The fourth-order valence-corrected chi connectivity index (χ4v) is 3.31. The van der Waals surface area contributed by atoms with E-state index in [1.165, 1.54) is 0 Å². The van der Waals surface area contributed by atoms with Gasteiger partial charge < -0.3 is 10.6 Å². The number of anilines is 3. The van der Waals surface area contributed by atoms with Crippen LogP contribution in [0.1, 0.15) is 11.3 Å². The minimum atomic E-state index is -4.81. The number of hydrogen-bond acceptors (Lipinski definition) is 6. The van der Waals surface area contributed by atoms with Crippen molar-refractivity contribution in [2.45, 2.75) is 13.1 Å². The van der Waals surface area contributed by atoms with E-state index >= 15 is 0 Å². The van der Waals surface area contributed by atoms with Crippen molar-refractivity contribution in [2.75, 3.05) is 23.0 Å². The molecule has 3 N–H and O–H groups in total. The number of aryl methyl sites for hydroxylation is 1. The highest BCUT2D eigenvalue weighted by atomic mass is 32.1. The number of carbonyl (C=O) groups excluding carboxylic acids is 1. The van der Waals surface area contributed by atoms with E-state index in [1.807, 2.05) is 0 Å². The van der Waals surface area contributed by atoms with E-state index in [-0.39, 0.29) is 10.8 Å². The number of halogens is 4. The standard InChI is InChI=1S/C17H14F4N6OS/c1-8-13(12-5-6-23-14(22-2)26-12)29-16(24-8)27-15(28)25-9-3-4-10(11(18)7-9)17(19,20)21/h3-7H,1-2H3,(H,22,23,26)(H2,24,25,27,28). The molecule has 29 heavy (non-hydrogen) atoms. The molecule has 0 atom stereocenters. The summed E-state index contributed by atoms with van der Waals surface area (Å²) in [7, 11) is 1.68. The summed E-state index contributed by atoms with van der Waals surface area (Å²) in [6.45, 7) is 1.74. The summed E-state index contributed by atoms with van der Waals surface area (Å²) < 4.78 is 51.4. The third kappa shape index (κ3) is 4.77. The van der Waals surface area contributed by atoms with E-state index in [1.54, 1.807) is 26.2 Å². The first kappa shape index (κ1) is 20.5. The Morgan fingerprint density at radius 2 is 1.90 bits per heavy atom. The number of aromatic nitrogens is 3. The van der Waals surface area contributed by atoms with Gasteiger partial charge in [0.25, 0.3) is 0 Å². The summed E-state index contributed by atoms with van der Waals surface area (Å²) in [6, 6.07) is 3.04. The quantitative estimate of drug-likeness (QED) is 0.524. The molecule has 0 spiro atoms. The van der Waals surface area contributed by atoms with Crippen molar-refractivity contribution < 1.29 is 22.4 Å². The van der Waals surface area contributed by atoms with Crippen LogP contribution in [-0.2, 0) is 6.18 Å². The van der Waals surface area contributed by atoms with Gasteiger partial charge in [-0.2, -0.15) is 13.2 Å². The molecule has 0 fully saturated rings. The molecule has 0 saturated heterocycles. The number of nitrogens with one attached hydrogen (secondary N) is 3. The number of hydrogen-bond donors (Lipinski definition) is 3. The number of amides is 2. The second kappa shape index (κ2) is 7.99. The van der Waals surface area contributed by atoms with Crippen molar-refractivity contribution in [2.24, 2.45) is 0 Å². The normalized spacial score (nSPS) is 11.2. The van der Waals surface area contributed by atoms with E-state index in [4.69, 9.17) is 0 Å². The Balaban J connectivity index is 1.72. The summed E-state index contributed by atoms with van der Waals surface area (Å²) >= 11 is 1.16. The molecule has 152 valence electrons. The molecule has 0 radical (unpaired) electrons. The van der Waals surface area contributed by atoms with E-state index in [0.717, 1.165) is 17.4 Å². The topological polar surface area (TPSA) is 91.8 Å². The fraction of sp³-hybridized carbons (Fsp3) is 0.176. The van der Waals surface area contributed by atoms with E-state index in [9.17, 15) is 22.4 Å². The van der Waals surface area contributed by atoms with E-state index in [2.05, 4.69) is 30.9 Å². The summed E-state index contributed by atoms with van der Waals surface area (Å²) in [5.74, 6) is -1.06. The van der Waals surface area contributed by atoms with Crippen LogP contribution in [0.3, 0.4) is 0 Å². The molecular weight excluding hydrogens is 412 g/mol. The molecule has 0 unspecified atom stereocenters. The van der Waals surface area contributed by atoms with Crippen molar-refractivity contribution in [1.29, 1.82) is 0 Å². The molecule has 12 heteroatoms. The Morgan fingerprint density at radius 1 is 1.14 bits per heavy atom. The third-order valence-electron chi connectivity index (χ3n) is 3.66. The number of urea groups is 1. The highest BCUT2D eigenvalue weighted by Crippen LogP contribution is 2.33. The molecule has 7 nitrogen and oxygen atoms in total. The van der Waals surface area contributed by atoms with Crippen LogP contribution in [0.25, 0.3) is 10.6 Å². The Hall–Kier alpha value is -3.28. The average molecular weight is 426 g/mol. The lowest BCUT2D eigenvalue weighted by molar-refractivity contribution is -0.139. The summed E-state index contributed by atoms with van der Waals surface area (Å²) in [4.78, 5) is 25.4. The Morgan fingerprint density at radius 3 is 2.55 bits per heavy atom. The molecule has 0 aliphatic heterocycles. The van der Waals surface area contributed by atoms with Gasteiger partial charge in [0.2, 0.25) is 5.95 Å². The minimum absolute atomic E-state index is 0.129. The number of carbonyl (C=O) groups is 1. The number of thiazole rings is 1. The molecule has 2 aromatic heterocycles. The van der Waals surface area contributed by atoms with Gasteiger partial charge in [0.15, 0.2) is 5.13 Å². The smallest absolute Gasteiger partial charge is 0.357 e. The van der Waals surface area contributed by atoms with Gasteiger partial charge in [-0.1, -0.05) is 11.3 Å². The molecule has 0 saturated carbocycles. The van der Waals surface area contributed by atoms with Crippen LogP contribution in [0.15, 0.2) is 30.5 Å². The predicted octanol–water partition coefficient (Wildman–Crippen LogP) is 4.75. The van der Waals surface area contributed by atoms with E-state index in [0.29, 0.717) is 34.3 Å². The zero-order chi connectivity index (χ0) is 21.2. The molecular formula is C17H14F4N6OS. The Kier molecular flexibility index (Phi) is 5.64. The predicted molar refractivity (Wildman–Crippen MR) is 101 cm³/mol. The van der Waals surface area contributed by atoms with Crippen LogP contribution >= 0.6 is 11.3 Å². The molecule has 0 aliphatic carbocycles. The van der Waals surface area contributed by atoms with Crippen LogP contribution in [0.2, 0.25) is 0 Å². The van der Waals surface area contributed by atoms with Gasteiger partial charge in [0.05, 0.1) is 21.8 Å². The molecule has 0 aliphatic rings. The van der Waals surface area contributed by atoms with Crippen molar-refractivity contribution >= 4 is 34.1 Å². The van der Waals surface area contributed by atoms with Gasteiger partial charge in [-0.3, -0.25) is 5.32 Å². The summed E-state index contributed by atoms with van der Waals surface area (Å²) in [6.07, 6.45) is -3.24. The Bertz CT molecular complexity index is 1050. The van der Waals surface area contributed by atoms with Crippen LogP contribution in [-0.4, -0.2) is 28.0 Å².